The summed E-state index contributed by atoms with van der Waals surface area (Å²) in [6.45, 7) is 10.1. The molecule has 1 amide bonds. The van der Waals surface area contributed by atoms with Gasteiger partial charge in [0.1, 0.15) is 16.8 Å². The number of fused-ring (bicyclic) bond motifs is 1. The molecule has 0 radical (unpaired) electrons. The number of anilines is 1. The minimum atomic E-state index is -0.207. The van der Waals surface area contributed by atoms with Crippen LogP contribution >= 0.6 is 11.3 Å². The topological polar surface area (TPSA) is 65.4 Å². The molecule has 2 aromatic rings. The largest absolute Gasteiger partial charge is 0.491 e. The molecule has 2 heterocycles. The predicted molar refractivity (Wildman–Crippen MR) is 108 cm³/mol. The summed E-state index contributed by atoms with van der Waals surface area (Å²) >= 11 is 1.52. The first kappa shape index (κ1) is 19.4. The quantitative estimate of drug-likeness (QED) is 0.830. The van der Waals surface area contributed by atoms with Gasteiger partial charge >= 0.3 is 0 Å². The van der Waals surface area contributed by atoms with Crippen molar-refractivity contribution in [3.63, 3.8) is 0 Å². The maximum atomic E-state index is 12.6. The Kier molecular flexibility index (Phi) is 5.83. The van der Waals surface area contributed by atoms with Crippen molar-refractivity contribution in [1.82, 2.24) is 4.90 Å². The Bertz CT molecular complexity index is 863. The van der Waals surface area contributed by atoms with Crippen molar-refractivity contribution in [1.29, 1.82) is 5.26 Å². The summed E-state index contributed by atoms with van der Waals surface area (Å²) in [7, 11) is 0. The molecule has 5 nitrogen and oxygen atoms in total. The van der Waals surface area contributed by atoms with Crippen LogP contribution in [0.3, 0.4) is 0 Å². The van der Waals surface area contributed by atoms with E-state index >= 15 is 0 Å². The molecule has 1 aliphatic heterocycles. The number of rotatable bonds is 5. The van der Waals surface area contributed by atoms with Gasteiger partial charge in [0.25, 0.3) is 5.91 Å². The summed E-state index contributed by atoms with van der Waals surface area (Å²) in [6.07, 6.45) is 0.940. The van der Waals surface area contributed by atoms with E-state index in [9.17, 15) is 10.1 Å². The van der Waals surface area contributed by atoms with Crippen LogP contribution < -0.4 is 10.1 Å². The molecule has 0 saturated carbocycles. The average Bonchev–Trinajstić information content (AvgIpc) is 2.97. The Labute approximate surface area is 164 Å². The molecular weight excluding hydrogens is 358 g/mol. The molecule has 3 rings (SSSR count). The summed E-state index contributed by atoms with van der Waals surface area (Å²) in [5.41, 5.74) is 2.26. The molecule has 1 N–H and O–H groups in total. The minimum Gasteiger partial charge on any atom is -0.491 e. The second-order valence-corrected chi connectivity index (χ2v) is 8.38. The molecule has 0 spiro atoms. The van der Waals surface area contributed by atoms with Crippen LogP contribution in [0.15, 0.2) is 24.3 Å². The normalized spacial score (nSPS) is 14.1. The van der Waals surface area contributed by atoms with Crippen molar-refractivity contribution in [2.24, 2.45) is 0 Å². The molecule has 27 heavy (non-hydrogen) atoms. The number of amides is 1. The van der Waals surface area contributed by atoms with E-state index in [0.29, 0.717) is 22.2 Å². The van der Waals surface area contributed by atoms with Gasteiger partial charge in [-0.15, -0.1) is 11.3 Å². The van der Waals surface area contributed by atoms with E-state index in [1.165, 1.54) is 16.2 Å². The zero-order valence-corrected chi connectivity index (χ0v) is 17.0. The molecule has 1 aromatic carbocycles. The molecule has 0 bridgehead atoms. The summed E-state index contributed by atoms with van der Waals surface area (Å²) in [5.74, 6) is 0.529. The maximum absolute atomic E-state index is 12.6. The number of nitrogens with zero attached hydrogens (tertiary/aromatic N) is 2. The third kappa shape index (κ3) is 4.32. The highest BCUT2D eigenvalue weighted by Gasteiger charge is 2.26. The summed E-state index contributed by atoms with van der Waals surface area (Å²) in [4.78, 5) is 16.2. The number of hydrogen-bond acceptors (Lipinski definition) is 5. The highest BCUT2D eigenvalue weighted by molar-refractivity contribution is 7.16. The third-order valence-corrected chi connectivity index (χ3v) is 5.78. The molecule has 0 aliphatic carbocycles. The van der Waals surface area contributed by atoms with Gasteiger partial charge in [-0.3, -0.25) is 9.69 Å². The SMILES string of the molecule is CC(C)Oc1ccc(C(=O)Nc2sc3c(c2C#N)CCN(C(C)C)C3)cc1. The Morgan fingerprint density at radius 1 is 1.26 bits per heavy atom. The van der Waals surface area contributed by atoms with Crippen LogP contribution in [0.1, 0.15) is 54.1 Å². The highest BCUT2D eigenvalue weighted by atomic mass is 32.1. The second kappa shape index (κ2) is 8.12. The Morgan fingerprint density at radius 2 is 1.96 bits per heavy atom. The number of ether oxygens (including phenoxy) is 1. The molecule has 0 saturated heterocycles. The fourth-order valence-corrected chi connectivity index (χ4v) is 4.42. The van der Waals surface area contributed by atoms with E-state index in [2.05, 4.69) is 30.1 Å². The first-order chi connectivity index (χ1) is 12.9. The van der Waals surface area contributed by atoms with Gasteiger partial charge in [0.2, 0.25) is 0 Å². The number of nitriles is 1. The number of thiophene rings is 1. The van der Waals surface area contributed by atoms with Crippen molar-refractivity contribution >= 4 is 22.2 Å². The Hall–Kier alpha value is -2.36. The molecule has 1 aromatic heterocycles. The third-order valence-electron chi connectivity index (χ3n) is 4.64. The van der Waals surface area contributed by atoms with E-state index in [1.807, 2.05) is 13.8 Å². The lowest BCUT2D eigenvalue weighted by Crippen LogP contribution is -2.35. The lowest BCUT2D eigenvalue weighted by atomic mass is 10.0. The summed E-state index contributed by atoms with van der Waals surface area (Å²) in [6, 6.07) is 9.83. The molecule has 1 aliphatic rings. The van der Waals surface area contributed by atoms with Gasteiger partial charge in [-0.2, -0.15) is 5.26 Å². The number of carbonyl (C=O) groups excluding carboxylic acids is 1. The highest BCUT2D eigenvalue weighted by Crippen LogP contribution is 2.37. The van der Waals surface area contributed by atoms with Crippen LogP contribution in [0.4, 0.5) is 5.00 Å². The van der Waals surface area contributed by atoms with E-state index in [1.54, 1.807) is 24.3 Å². The van der Waals surface area contributed by atoms with Crippen LogP contribution in [-0.2, 0) is 13.0 Å². The van der Waals surface area contributed by atoms with Crippen LogP contribution in [0.5, 0.6) is 5.75 Å². The monoisotopic (exact) mass is 383 g/mol. The lowest BCUT2D eigenvalue weighted by Gasteiger charge is -2.30. The molecule has 142 valence electrons. The zero-order chi connectivity index (χ0) is 19.6. The first-order valence-corrected chi connectivity index (χ1v) is 10.1. The van der Waals surface area contributed by atoms with Crippen LogP contribution in [0, 0.1) is 11.3 Å². The molecule has 0 unspecified atom stereocenters. The van der Waals surface area contributed by atoms with Crippen molar-refractivity contribution in [2.45, 2.75) is 52.8 Å². The smallest absolute Gasteiger partial charge is 0.256 e. The molecule has 0 fully saturated rings. The second-order valence-electron chi connectivity index (χ2n) is 7.28. The van der Waals surface area contributed by atoms with Gasteiger partial charge in [-0.1, -0.05) is 0 Å². The van der Waals surface area contributed by atoms with Crippen molar-refractivity contribution < 1.29 is 9.53 Å². The first-order valence-electron chi connectivity index (χ1n) is 9.25. The van der Waals surface area contributed by atoms with Gasteiger partial charge < -0.3 is 10.1 Å². The van der Waals surface area contributed by atoms with E-state index in [0.717, 1.165) is 30.8 Å². The van der Waals surface area contributed by atoms with Gasteiger partial charge in [-0.05, 0) is 63.9 Å². The van der Waals surface area contributed by atoms with E-state index in [4.69, 9.17) is 4.74 Å². The fourth-order valence-electron chi connectivity index (χ4n) is 3.20. The average molecular weight is 384 g/mol. The van der Waals surface area contributed by atoms with Gasteiger partial charge in [0.05, 0.1) is 11.7 Å². The predicted octanol–water partition coefficient (Wildman–Crippen LogP) is 4.43. The molecule has 6 heteroatoms. The van der Waals surface area contributed by atoms with E-state index in [-0.39, 0.29) is 12.0 Å². The van der Waals surface area contributed by atoms with E-state index < -0.39 is 0 Å². The van der Waals surface area contributed by atoms with Gasteiger partial charge in [-0.25, -0.2) is 0 Å². The van der Waals surface area contributed by atoms with Gasteiger partial charge in [0.15, 0.2) is 0 Å². The summed E-state index contributed by atoms with van der Waals surface area (Å²) in [5, 5.41) is 13.2. The van der Waals surface area contributed by atoms with Crippen LogP contribution in [-0.4, -0.2) is 29.5 Å². The maximum Gasteiger partial charge on any atom is 0.256 e. The van der Waals surface area contributed by atoms with Crippen LogP contribution in [0.25, 0.3) is 0 Å². The number of benzene rings is 1. The Balaban J connectivity index is 1.78. The number of nitrogens with one attached hydrogen (secondary N) is 1. The zero-order valence-electron chi connectivity index (χ0n) is 16.2. The minimum absolute atomic E-state index is 0.0886. The molecular formula is C21H25N3O2S. The number of hydrogen-bond donors (Lipinski definition) is 1. The summed E-state index contributed by atoms with van der Waals surface area (Å²) < 4.78 is 5.61. The standard InChI is InChI=1S/C21H25N3O2S/c1-13(2)24-10-9-17-18(11-22)21(27-19(17)12-24)23-20(25)15-5-7-16(8-6-15)26-14(3)4/h5-8,13-14H,9-10,12H2,1-4H3,(H,23,25). The molecule has 0 atom stereocenters. The Morgan fingerprint density at radius 3 is 2.56 bits per heavy atom. The number of carbonyl (C=O) groups is 1. The van der Waals surface area contributed by atoms with Crippen molar-refractivity contribution in [3.8, 4) is 11.8 Å². The van der Waals surface area contributed by atoms with Crippen molar-refractivity contribution in [2.75, 3.05) is 11.9 Å². The van der Waals surface area contributed by atoms with Gasteiger partial charge in [0, 0.05) is 29.6 Å². The lowest BCUT2D eigenvalue weighted by molar-refractivity contribution is 0.102. The van der Waals surface area contributed by atoms with Crippen molar-refractivity contribution in [3.05, 3.63) is 45.8 Å². The van der Waals surface area contributed by atoms with Crippen LogP contribution in [0.2, 0.25) is 0 Å². The fraction of sp³-hybridized carbons (Fsp3) is 0.429.